The van der Waals surface area contributed by atoms with Gasteiger partial charge in [-0.2, -0.15) is 13.2 Å². The molecule has 0 fully saturated rings. The number of hydrogen-bond donors (Lipinski definition) is 2. The van der Waals surface area contributed by atoms with Gasteiger partial charge in [-0.25, -0.2) is 0 Å². The minimum Gasteiger partial charge on any atom is -0.463 e. The maximum atomic E-state index is 12.8. The van der Waals surface area contributed by atoms with Crippen LogP contribution >= 0.6 is 0 Å². The van der Waals surface area contributed by atoms with Crippen LogP contribution in [0, 0.1) is 0 Å². The molecule has 4 nitrogen and oxygen atoms in total. The average molecular weight is 313 g/mol. The Balaban J connectivity index is 1.95. The van der Waals surface area contributed by atoms with Crippen LogP contribution in [0.2, 0.25) is 0 Å². The second-order valence-corrected chi connectivity index (χ2v) is 4.84. The van der Waals surface area contributed by atoms with Crippen molar-refractivity contribution in [2.75, 3.05) is 11.9 Å². The van der Waals surface area contributed by atoms with Gasteiger partial charge >= 0.3 is 6.18 Å². The van der Waals surface area contributed by atoms with Gasteiger partial charge in [0.25, 0.3) is 5.91 Å². The second kappa shape index (κ2) is 6.65. The number of carbonyl (C=O) groups excluding carboxylic acids is 1. The molecule has 0 saturated carbocycles. The molecule has 0 spiro atoms. The normalized spacial score (nSPS) is 12.9. The Morgan fingerprint density at radius 2 is 2.00 bits per heavy atom. The van der Waals surface area contributed by atoms with Gasteiger partial charge in [0, 0.05) is 0 Å². The van der Waals surface area contributed by atoms with Gasteiger partial charge in [0.15, 0.2) is 12.3 Å². The van der Waals surface area contributed by atoms with Crippen molar-refractivity contribution in [1.29, 1.82) is 0 Å². The van der Waals surface area contributed by atoms with Crippen molar-refractivity contribution in [3.05, 3.63) is 54.0 Å². The lowest BCUT2D eigenvalue weighted by atomic mass is 10.1. The van der Waals surface area contributed by atoms with Gasteiger partial charge in [0.05, 0.1) is 17.5 Å². The van der Waals surface area contributed by atoms with Crippen LogP contribution in [0.3, 0.4) is 0 Å². The van der Waals surface area contributed by atoms with E-state index in [9.17, 15) is 18.0 Å². The Hall–Kier alpha value is -2.28. The lowest BCUT2D eigenvalue weighted by Crippen LogP contribution is -2.86. The fourth-order valence-electron chi connectivity index (χ4n) is 1.99. The predicted octanol–water partition coefficient (Wildman–Crippen LogP) is 2.56. The topological polar surface area (TPSA) is 58.9 Å². The van der Waals surface area contributed by atoms with Crippen LogP contribution in [-0.2, 0) is 11.0 Å². The SMILES string of the molecule is C[C@H]([NH2+]CC(=O)Nc1ccccc1C(F)(F)F)c1ccco1. The zero-order chi connectivity index (χ0) is 16.2. The molecular weight excluding hydrogens is 297 g/mol. The van der Waals surface area contributed by atoms with E-state index in [-0.39, 0.29) is 18.3 Å². The van der Waals surface area contributed by atoms with Crippen molar-refractivity contribution in [1.82, 2.24) is 0 Å². The summed E-state index contributed by atoms with van der Waals surface area (Å²) in [6.45, 7) is 1.84. The third-order valence-corrected chi connectivity index (χ3v) is 3.16. The van der Waals surface area contributed by atoms with E-state index >= 15 is 0 Å². The molecule has 2 rings (SSSR count). The van der Waals surface area contributed by atoms with E-state index in [2.05, 4.69) is 5.32 Å². The molecular formula is C15H16F3N2O2+. The van der Waals surface area contributed by atoms with Gasteiger partial charge in [0.1, 0.15) is 6.04 Å². The Morgan fingerprint density at radius 3 is 2.64 bits per heavy atom. The molecule has 1 aromatic heterocycles. The lowest BCUT2D eigenvalue weighted by Gasteiger charge is -2.13. The van der Waals surface area contributed by atoms with Gasteiger partial charge in [-0.15, -0.1) is 0 Å². The molecule has 0 aliphatic heterocycles. The highest BCUT2D eigenvalue weighted by atomic mass is 19.4. The highest BCUT2D eigenvalue weighted by molar-refractivity contribution is 5.92. The van der Waals surface area contributed by atoms with Crippen LogP contribution in [0.4, 0.5) is 18.9 Å². The first kappa shape index (κ1) is 16.1. The van der Waals surface area contributed by atoms with Crippen molar-refractivity contribution in [3.63, 3.8) is 0 Å². The number of nitrogens with two attached hydrogens (primary N) is 1. The molecule has 2 aromatic rings. The maximum Gasteiger partial charge on any atom is 0.418 e. The summed E-state index contributed by atoms with van der Waals surface area (Å²) in [4.78, 5) is 11.8. The fraction of sp³-hybridized carbons (Fsp3) is 0.267. The monoisotopic (exact) mass is 313 g/mol. The summed E-state index contributed by atoms with van der Waals surface area (Å²) in [6, 6.07) is 8.31. The quantitative estimate of drug-likeness (QED) is 0.891. The molecule has 1 atom stereocenters. The Bertz CT molecular complexity index is 624. The lowest BCUT2D eigenvalue weighted by molar-refractivity contribution is -0.684. The van der Waals surface area contributed by atoms with Crippen molar-refractivity contribution < 1.29 is 27.7 Å². The molecule has 1 heterocycles. The molecule has 1 aromatic carbocycles. The molecule has 1 amide bonds. The Kier molecular flexibility index (Phi) is 4.87. The first-order valence-electron chi connectivity index (χ1n) is 6.70. The van der Waals surface area contributed by atoms with E-state index in [1.165, 1.54) is 24.5 Å². The Morgan fingerprint density at radius 1 is 1.27 bits per heavy atom. The molecule has 22 heavy (non-hydrogen) atoms. The van der Waals surface area contributed by atoms with Crippen LogP contribution in [0.5, 0.6) is 0 Å². The molecule has 0 bridgehead atoms. The van der Waals surface area contributed by atoms with Crippen molar-refractivity contribution >= 4 is 11.6 Å². The zero-order valence-corrected chi connectivity index (χ0v) is 11.9. The number of alkyl halides is 3. The number of hydrogen-bond acceptors (Lipinski definition) is 2. The predicted molar refractivity (Wildman–Crippen MR) is 74.0 cm³/mol. The molecule has 118 valence electrons. The summed E-state index contributed by atoms with van der Waals surface area (Å²) in [5, 5.41) is 3.98. The van der Waals surface area contributed by atoms with E-state index in [1.807, 2.05) is 6.92 Å². The number of anilines is 1. The number of benzene rings is 1. The highest BCUT2D eigenvalue weighted by Gasteiger charge is 2.33. The zero-order valence-electron chi connectivity index (χ0n) is 11.9. The summed E-state index contributed by atoms with van der Waals surface area (Å²) in [6.07, 6.45) is -2.98. The second-order valence-electron chi connectivity index (χ2n) is 4.84. The minimum absolute atomic E-state index is 0.00589. The fourth-order valence-corrected chi connectivity index (χ4v) is 1.99. The summed E-state index contributed by atoms with van der Waals surface area (Å²) in [5.74, 6) is 0.193. The third-order valence-electron chi connectivity index (χ3n) is 3.16. The van der Waals surface area contributed by atoms with Gasteiger partial charge < -0.3 is 15.1 Å². The number of furan rings is 1. The Labute approximate surface area is 125 Å². The largest absolute Gasteiger partial charge is 0.463 e. The number of rotatable bonds is 5. The first-order chi connectivity index (χ1) is 10.4. The summed E-state index contributed by atoms with van der Waals surface area (Å²) in [5.41, 5.74) is -1.10. The average Bonchev–Trinajstić information content (AvgIpc) is 2.98. The van der Waals surface area contributed by atoms with Gasteiger partial charge in [-0.1, -0.05) is 12.1 Å². The van der Waals surface area contributed by atoms with Gasteiger partial charge in [-0.05, 0) is 31.2 Å². The number of nitrogens with one attached hydrogen (secondary N) is 1. The first-order valence-corrected chi connectivity index (χ1v) is 6.70. The van der Waals surface area contributed by atoms with Crippen molar-refractivity contribution in [2.45, 2.75) is 19.1 Å². The van der Waals surface area contributed by atoms with E-state index in [4.69, 9.17) is 4.42 Å². The molecule has 0 aliphatic rings. The molecule has 3 N–H and O–H groups in total. The highest BCUT2D eigenvalue weighted by Crippen LogP contribution is 2.34. The van der Waals surface area contributed by atoms with Crippen molar-refractivity contribution in [3.8, 4) is 0 Å². The number of halogens is 3. The van der Waals surface area contributed by atoms with E-state index in [1.54, 1.807) is 17.4 Å². The number of amides is 1. The number of quaternary nitrogens is 1. The molecule has 0 unspecified atom stereocenters. The smallest absolute Gasteiger partial charge is 0.418 e. The molecule has 7 heteroatoms. The molecule has 0 aliphatic carbocycles. The van der Waals surface area contributed by atoms with Crippen LogP contribution in [0.1, 0.15) is 24.3 Å². The third kappa shape index (κ3) is 4.11. The minimum atomic E-state index is -4.50. The van der Waals surface area contributed by atoms with E-state index in [0.29, 0.717) is 5.76 Å². The number of carbonyl (C=O) groups is 1. The summed E-state index contributed by atoms with van der Waals surface area (Å²) >= 11 is 0. The van der Waals surface area contributed by atoms with Crippen LogP contribution in [0.15, 0.2) is 47.1 Å². The molecule has 0 saturated heterocycles. The summed E-state index contributed by atoms with van der Waals surface area (Å²) in [7, 11) is 0. The maximum absolute atomic E-state index is 12.8. The van der Waals surface area contributed by atoms with E-state index < -0.39 is 17.6 Å². The van der Waals surface area contributed by atoms with Crippen molar-refractivity contribution in [2.24, 2.45) is 0 Å². The molecule has 0 radical (unpaired) electrons. The standard InChI is InChI=1S/C15H15F3N2O2/c1-10(13-7-4-8-22-13)19-9-14(21)20-12-6-3-2-5-11(12)15(16,17)18/h2-8,10,19H,9H2,1H3,(H,20,21)/p+1/t10-/m0/s1. The van der Waals surface area contributed by atoms with Gasteiger partial charge in [0.2, 0.25) is 0 Å². The number of para-hydroxylation sites is 1. The summed E-state index contributed by atoms with van der Waals surface area (Å²) < 4.78 is 43.7. The van der Waals surface area contributed by atoms with Crippen LogP contribution in [-0.4, -0.2) is 12.5 Å². The van der Waals surface area contributed by atoms with Gasteiger partial charge in [-0.3, -0.25) is 4.79 Å². The van der Waals surface area contributed by atoms with Crippen LogP contribution < -0.4 is 10.6 Å². The van der Waals surface area contributed by atoms with Crippen LogP contribution in [0.25, 0.3) is 0 Å². The van der Waals surface area contributed by atoms with E-state index in [0.717, 1.165) is 6.07 Å².